The normalized spacial score (nSPS) is 26.4. The van der Waals surface area contributed by atoms with E-state index in [0.29, 0.717) is 11.8 Å². The van der Waals surface area contributed by atoms with Crippen LogP contribution in [0.3, 0.4) is 0 Å². The molecule has 0 bridgehead atoms. The van der Waals surface area contributed by atoms with Gasteiger partial charge in [-0.25, -0.2) is 13.8 Å². The second-order valence-corrected chi connectivity index (χ2v) is 11.4. The first-order valence-corrected chi connectivity index (χ1v) is 13.3. The molecule has 0 aliphatic carbocycles. The summed E-state index contributed by atoms with van der Waals surface area (Å²) in [5, 5.41) is 19.1. The molecule has 2 heterocycles. The number of hydrogen-bond donors (Lipinski definition) is 4. The molecule has 0 spiro atoms. The number of aromatic nitrogens is 2. The fourth-order valence-corrected chi connectivity index (χ4v) is 6.21. The summed E-state index contributed by atoms with van der Waals surface area (Å²) >= 11 is 0.336. The molecular formula is C21H27FN3O9PS. The Balaban J connectivity index is 1.81. The standard InChI is InChI=1S/C21H27FN3O9PS/c1-12(2)33-19(29)13(3)24-35(31,34-14-7-5-4-6-8-14)32-11-21(22)17(28)16(27)18(36-21)25-10-9-15(26)23-20(25)30/h4-10,12-13,16-18,27-28H,11H2,1-3H3,(H,24,31)(H,23,26,30)/t13-,16?,17?,18+,21+,35+/m0/s1. The minimum Gasteiger partial charge on any atom is -0.462 e. The maximum atomic E-state index is 15.8. The molecule has 0 radical (unpaired) electrons. The Hall–Kier alpha value is -2.48. The summed E-state index contributed by atoms with van der Waals surface area (Å²) < 4.78 is 46.0. The van der Waals surface area contributed by atoms with Crippen molar-refractivity contribution in [1.29, 1.82) is 0 Å². The van der Waals surface area contributed by atoms with Crippen molar-refractivity contribution in [3.63, 3.8) is 0 Å². The third-order valence-electron chi connectivity index (χ3n) is 4.96. The summed E-state index contributed by atoms with van der Waals surface area (Å²) in [6.07, 6.45) is -3.26. The number of carbonyl (C=O) groups is 1. The third kappa shape index (κ3) is 6.64. The summed E-state index contributed by atoms with van der Waals surface area (Å²) in [7, 11) is -4.46. The summed E-state index contributed by atoms with van der Waals surface area (Å²) in [4.78, 5) is 37.6. The molecule has 1 aliphatic rings. The average molecular weight is 547 g/mol. The van der Waals surface area contributed by atoms with Crippen LogP contribution < -0.4 is 20.9 Å². The smallest absolute Gasteiger partial charge is 0.459 e. The van der Waals surface area contributed by atoms with Gasteiger partial charge in [0.05, 0.1) is 6.10 Å². The molecule has 0 amide bonds. The zero-order chi connectivity index (χ0) is 26.7. The molecule has 6 atom stereocenters. The van der Waals surface area contributed by atoms with Gasteiger partial charge in [0, 0.05) is 12.3 Å². The van der Waals surface area contributed by atoms with Crippen LogP contribution in [0, 0.1) is 0 Å². The number of benzene rings is 1. The van der Waals surface area contributed by atoms with Crippen LogP contribution >= 0.6 is 19.5 Å². The number of halogens is 1. The minimum absolute atomic E-state index is 0.0861. The molecule has 1 aromatic heterocycles. The number of thioether (sulfide) groups is 1. The molecule has 0 saturated carbocycles. The lowest BCUT2D eigenvalue weighted by Crippen LogP contribution is -2.42. The Kier molecular flexibility index (Phi) is 8.80. The summed E-state index contributed by atoms with van der Waals surface area (Å²) in [6.45, 7) is 3.54. The van der Waals surface area contributed by atoms with Crippen LogP contribution in [0.15, 0.2) is 52.2 Å². The molecule has 2 aromatic rings. The zero-order valence-corrected chi connectivity index (χ0v) is 21.3. The highest BCUT2D eigenvalue weighted by atomic mass is 32.2. The molecule has 4 N–H and O–H groups in total. The number of aliphatic hydroxyl groups is 2. The van der Waals surface area contributed by atoms with E-state index in [-0.39, 0.29) is 5.75 Å². The van der Waals surface area contributed by atoms with Gasteiger partial charge in [0.2, 0.25) is 5.00 Å². The average Bonchev–Trinajstić information content (AvgIpc) is 3.02. The van der Waals surface area contributed by atoms with Crippen molar-refractivity contribution in [2.75, 3.05) is 6.61 Å². The highest BCUT2D eigenvalue weighted by molar-refractivity contribution is 8.01. The first-order valence-electron chi connectivity index (χ1n) is 10.9. The predicted octanol–water partition coefficient (Wildman–Crippen LogP) is 1.30. The summed E-state index contributed by atoms with van der Waals surface area (Å²) in [5.74, 6) is -0.674. The number of carbonyl (C=O) groups excluding carboxylic acids is 1. The largest absolute Gasteiger partial charge is 0.462 e. The Morgan fingerprint density at radius 2 is 1.92 bits per heavy atom. The van der Waals surface area contributed by atoms with Gasteiger partial charge < -0.3 is 19.5 Å². The van der Waals surface area contributed by atoms with Crippen molar-refractivity contribution in [2.45, 2.75) is 55.5 Å². The number of hydrogen-bond acceptors (Lipinski definition) is 10. The number of para-hydroxylation sites is 1. The Morgan fingerprint density at radius 3 is 2.53 bits per heavy atom. The van der Waals surface area contributed by atoms with Crippen molar-refractivity contribution in [2.24, 2.45) is 0 Å². The van der Waals surface area contributed by atoms with Crippen LogP contribution in [0.25, 0.3) is 0 Å². The van der Waals surface area contributed by atoms with E-state index >= 15 is 4.39 Å². The fourth-order valence-electron chi connectivity index (χ4n) is 3.23. The quantitative estimate of drug-likeness (QED) is 0.250. The van der Waals surface area contributed by atoms with E-state index in [2.05, 4.69) is 5.09 Å². The Labute approximate surface area is 209 Å². The Morgan fingerprint density at radius 1 is 1.25 bits per heavy atom. The van der Waals surface area contributed by atoms with Crippen molar-refractivity contribution in [3.05, 3.63) is 63.4 Å². The van der Waals surface area contributed by atoms with Crippen molar-refractivity contribution < 1.29 is 37.7 Å². The monoisotopic (exact) mass is 547 g/mol. The molecule has 36 heavy (non-hydrogen) atoms. The zero-order valence-electron chi connectivity index (χ0n) is 19.6. The number of ether oxygens (including phenoxy) is 1. The predicted molar refractivity (Wildman–Crippen MR) is 128 cm³/mol. The summed E-state index contributed by atoms with van der Waals surface area (Å²) in [5.41, 5.74) is -1.62. The second kappa shape index (κ2) is 11.3. The third-order valence-corrected chi connectivity index (χ3v) is 8.08. The van der Waals surface area contributed by atoms with Gasteiger partial charge in [-0.05, 0) is 32.9 Å². The van der Waals surface area contributed by atoms with Gasteiger partial charge in [-0.1, -0.05) is 30.0 Å². The van der Waals surface area contributed by atoms with E-state index in [4.69, 9.17) is 13.8 Å². The molecule has 1 aromatic carbocycles. The number of nitrogens with one attached hydrogen (secondary N) is 2. The number of rotatable bonds is 10. The number of aliphatic hydroxyl groups excluding tert-OH is 2. The van der Waals surface area contributed by atoms with E-state index in [9.17, 15) is 29.2 Å². The molecule has 1 saturated heterocycles. The molecule has 2 unspecified atom stereocenters. The number of nitrogens with zero attached hydrogens (tertiary/aromatic N) is 1. The van der Waals surface area contributed by atoms with Gasteiger partial charge >= 0.3 is 19.4 Å². The highest BCUT2D eigenvalue weighted by Gasteiger charge is 2.57. The lowest BCUT2D eigenvalue weighted by atomic mass is 10.1. The van der Waals surface area contributed by atoms with E-state index in [1.54, 1.807) is 32.0 Å². The molecular weight excluding hydrogens is 520 g/mol. The van der Waals surface area contributed by atoms with E-state index in [1.165, 1.54) is 19.1 Å². The minimum atomic E-state index is -4.46. The molecule has 1 fully saturated rings. The molecule has 1 aliphatic heterocycles. The lowest BCUT2D eigenvalue weighted by Gasteiger charge is -2.27. The number of alkyl halides is 1. The van der Waals surface area contributed by atoms with E-state index in [1.807, 2.05) is 4.98 Å². The van der Waals surface area contributed by atoms with Crippen molar-refractivity contribution >= 4 is 25.5 Å². The van der Waals surface area contributed by atoms with Gasteiger partial charge in [0.25, 0.3) is 5.56 Å². The van der Waals surface area contributed by atoms with Gasteiger partial charge in [-0.2, -0.15) is 5.09 Å². The van der Waals surface area contributed by atoms with E-state index < -0.39 is 66.3 Å². The molecule has 15 heteroatoms. The second-order valence-electron chi connectivity index (χ2n) is 8.26. The maximum absolute atomic E-state index is 15.8. The highest BCUT2D eigenvalue weighted by Crippen LogP contribution is 2.53. The Bertz CT molecular complexity index is 1230. The lowest BCUT2D eigenvalue weighted by molar-refractivity contribution is -0.149. The van der Waals surface area contributed by atoms with Gasteiger partial charge in [0.1, 0.15) is 36.0 Å². The fraction of sp³-hybridized carbons (Fsp3) is 0.476. The van der Waals surface area contributed by atoms with Crippen molar-refractivity contribution in [3.8, 4) is 5.75 Å². The molecule has 12 nitrogen and oxygen atoms in total. The van der Waals surface area contributed by atoms with Gasteiger partial charge in [-0.15, -0.1) is 0 Å². The first kappa shape index (κ1) is 28.1. The maximum Gasteiger partial charge on any atom is 0.459 e. The number of aromatic amines is 1. The van der Waals surface area contributed by atoms with Gasteiger partial charge in [-0.3, -0.25) is 23.7 Å². The SMILES string of the molecule is CC(C)OC(=O)[C@H](C)N[P@@](=O)(OC[C@@]1(F)S[C@@H](n2ccc(=O)[nH]c2=O)C(O)C1O)Oc1ccccc1. The van der Waals surface area contributed by atoms with Crippen LogP contribution in [0.4, 0.5) is 4.39 Å². The number of H-pyrrole nitrogens is 1. The first-order chi connectivity index (χ1) is 16.8. The van der Waals surface area contributed by atoms with E-state index in [0.717, 1.165) is 16.8 Å². The van der Waals surface area contributed by atoms with Crippen LogP contribution in [0.1, 0.15) is 26.1 Å². The molecule has 3 rings (SSSR count). The van der Waals surface area contributed by atoms with Gasteiger partial charge in [0.15, 0.2) is 0 Å². The summed E-state index contributed by atoms with van der Waals surface area (Å²) in [6, 6.07) is 7.59. The molecule has 198 valence electrons. The van der Waals surface area contributed by atoms with Crippen LogP contribution in [0.5, 0.6) is 5.75 Å². The van der Waals surface area contributed by atoms with Crippen LogP contribution in [0.2, 0.25) is 0 Å². The topological polar surface area (TPSA) is 169 Å². The van der Waals surface area contributed by atoms with Crippen LogP contribution in [-0.2, 0) is 18.6 Å². The van der Waals surface area contributed by atoms with Crippen LogP contribution in [-0.4, -0.2) is 61.7 Å². The number of esters is 1. The van der Waals surface area contributed by atoms with Crippen molar-refractivity contribution in [1.82, 2.24) is 14.6 Å².